The van der Waals surface area contributed by atoms with E-state index in [0.717, 1.165) is 18.6 Å². The molecule has 1 N–H and O–H groups in total. The number of unbranched alkanes of at least 4 members (excludes halogenated alkanes) is 13. The molecule has 5 heteroatoms. The van der Waals surface area contributed by atoms with E-state index >= 15 is 0 Å². The van der Waals surface area contributed by atoms with Gasteiger partial charge in [0.15, 0.2) is 0 Å². The van der Waals surface area contributed by atoms with Crippen molar-refractivity contribution in [1.82, 2.24) is 0 Å². The molecule has 0 aliphatic carbocycles. The molecule has 1 aromatic rings. The Kier molecular flexibility index (Phi) is 17.5. The second kappa shape index (κ2) is 19.3. The van der Waals surface area contributed by atoms with Crippen molar-refractivity contribution in [3.8, 4) is 5.75 Å². The zero-order valence-electron chi connectivity index (χ0n) is 21.5. The molecule has 33 heavy (non-hydrogen) atoms. The molecule has 0 heterocycles. The van der Waals surface area contributed by atoms with Crippen molar-refractivity contribution >= 4 is 10.1 Å². The van der Waals surface area contributed by atoms with Crippen molar-refractivity contribution in [2.75, 3.05) is 12.4 Å². The van der Waals surface area contributed by atoms with Crippen molar-refractivity contribution in [2.24, 2.45) is 0 Å². The van der Waals surface area contributed by atoms with Crippen molar-refractivity contribution in [1.29, 1.82) is 0 Å². The van der Waals surface area contributed by atoms with Gasteiger partial charge in [0.25, 0.3) is 10.1 Å². The van der Waals surface area contributed by atoms with E-state index in [1.54, 1.807) is 0 Å². The topological polar surface area (TPSA) is 63.6 Å². The summed E-state index contributed by atoms with van der Waals surface area (Å²) in [5.41, 5.74) is 2.58. The Morgan fingerprint density at radius 1 is 0.667 bits per heavy atom. The van der Waals surface area contributed by atoms with E-state index in [9.17, 15) is 8.42 Å². The minimum Gasteiger partial charge on any atom is -0.493 e. The zero-order valence-corrected chi connectivity index (χ0v) is 22.3. The molecule has 0 amide bonds. The summed E-state index contributed by atoms with van der Waals surface area (Å²) < 4.78 is 37.1. The molecule has 0 fully saturated rings. The Hall–Kier alpha value is -1.07. The van der Waals surface area contributed by atoms with Gasteiger partial charge in [-0.1, -0.05) is 109 Å². The molecule has 1 rings (SSSR count). The number of aryl methyl sites for hydroxylation is 2. The fourth-order valence-electron chi connectivity index (χ4n) is 4.32. The molecule has 0 aromatic heterocycles. The van der Waals surface area contributed by atoms with Gasteiger partial charge in [0.1, 0.15) is 5.75 Å². The van der Waals surface area contributed by atoms with Gasteiger partial charge in [-0.3, -0.25) is 4.55 Å². The standard InChI is InChI=1S/C28H50O4S/c1-3-5-7-9-11-13-15-20-26-22-19-23-27(21-16-14-12-10-8-6-4-2)28(26)32-24-17-18-25-33(29,30)31/h19,22-23H,3-18,20-21,24-25H2,1-2H3,(H,29,30,31). The van der Waals surface area contributed by atoms with E-state index in [2.05, 4.69) is 32.0 Å². The quantitative estimate of drug-likeness (QED) is 0.133. The Balaban J connectivity index is 2.57. The average molecular weight is 483 g/mol. The summed E-state index contributed by atoms with van der Waals surface area (Å²) >= 11 is 0. The fraction of sp³-hybridized carbons (Fsp3) is 0.786. The SMILES string of the molecule is CCCCCCCCCc1cccc(CCCCCCCCC)c1OCCCCS(=O)(=O)O. The van der Waals surface area contributed by atoms with Crippen LogP contribution in [0.15, 0.2) is 18.2 Å². The maximum absolute atomic E-state index is 10.9. The highest BCUT2D eigenvalue weighted by Gasteiger charge is 2.11. The van der Waals surface area contributed by atoms with Gasteiger partial charge in [0.05, 0.1) is 12.4 Å². The maximum Gasteiger partial charge on any atom is 0.264 e. The maximum atomic E-state index is 10.9. The van der Waals surface area contributed by atoms with Crippen molar-refractivity contribution in [3.63, 3.8) is 0 Å². The fourth-order valence-corrected chi connectivity index (χ4v) is 4.89. The van der Waals surface area contributed by atoms with Crippen LogP contribution < -0.4 is 4.74 Å². The van der Waals surface area contributed by atoms with Crippen LogP contribution in [0.5, 0.6) is 5.75 Å². The number of benzene rings is 1. The predicted octanol–water partition coefficient (Wildman–Crippen LogP) is 8.32. The normalized spacial score (nSPS) is 11.7. The lowest BCUT2D eigenvalue weighted by molar-refractivity contribution is 0.302. The molecule has 0 unspecified atom stereocenters. The van der Waals surface area contributed by atoms with E-state index < -0.39 is 10.1 Å². The summed E-state index contributed by atoms with van der Waals surface area (Å²) in [5.74, 6) is 0.835. The minimum absolute atomic E-state index is 0.194. The predicted molar refractivity (Wildman–Crippen MR) is 141 cm³/mol. The molecule has 0 saturated carbocycles. The van der Waals surface area contributed by atoms with Gasteiger partial charge in [0, 0.05) is 0 Å². The van der Waals surface area contributed by atoms with E-state index in [4.69, 9.17) is 9.29 Å². The van der Waals surface area contributed by atoms with Gasteiger partial charge < -0.3 is 4.74 Å². The summed E-state index contributed by atoms with van der Waals surface area (Å²) in [6.07, 6.45) is 21.3. The molecule has 192 valence electrons. The van der Waals surface area contributed by atoms with E-state index in [1.807, 2.05) is 0 Å². The van der Waals surface area contributed by atoms with E-state index in [0.29, 0.717) is 19.4 Å². The second-order valence-corrected chi connectivity index (χ2v) is 11.1. The van der Waals surface area contributed by atoms with Gasteiger partial charge in [-0.25, -0.2) is 0 Å². The Morgan fingerprint density at radius 2 is 1.12 bits per heavy atom. The lowest BCUT2D eigenvalue weighted by atomic mass is 9.98. The summed E-state index contributed by atoms with van der Waals surface area (Å²) in [5, 5.41) is 0. The van der Waals surface area contributed by atoms with E-state index in [1.165, 1.54) is 101 Å². The van der Waals surface area contributed by atoms with Gasteiger partial charge >= 0.3 is 0 Å². The molecule has 0 radical (unpaired) electrons. The molecule has 0 bridgehead atoms. The molecule has 0 atom stereocenters. The third-order valence-electron chi connectivity index (χ3n) is 6.32. The molecule has 4 nitrogen and oxygen atoms in total. The Labute approximate surface area is 204 Å². The molecule has 0 spiro atoms. The van der Waals surface area contributed by atoms with Crippen molar-refractivity contribution in [3.05, 3.63) is 29.3 Å². The third-order valence-corrected chi connectivity index (χ3v) is 7.13. The number of ether oxygens (including phenoxy) is 1. The smallest absolute Gasteiger partial charge is 0.264 e. The third kappa shape index (κ3) is 16.2. The lowest BCUT2D eigenvalue weighted by Gasteiger charge is -2.16. The highest BCUT2D eigenvalue weighted by molar-refractivity contribution is 7.85. The van der Waals surface area contributed by atoms with Crippen LogP contribution in [-0.4, -0.2) is 25.3 Å². The molecular formula is C28H50O4S. The number of hydrogen-bond donors (Lipinski definition) is 1. The number of rotatable bonds is 22. The molecular weight excluding hydrogens is 432 g/mol. The average Bonchev–Trinajstić information content (AvgIpc) is 2.78. The van der Waals surface area contributed by atoms with Crippen LogP contribution in [0, 0.1) is 0 Å². The monoisotopic (exact) mass is 482 g/mol. The van der Waals surface area contributed by atoms with Crippen molar-refractivity contribution < 1.29 is 17.7 Å². The lowest BCUT2D eigenvalue weighted by Crippen LogP contribution is -2.08. The summed E-state index contributed by atoms with van der Waals surface area (Å²) in [6, 6.07) is 6.55. The van der Waals surface area contributed by atoms with Gasteiger partial charge in [-0.15, -0.1) is 0 Å². The molecule has 0 aliphatic rings. The van der Waals surface area contributed by atoms with Crippen LogP contribution in [0.2, 0.25) is 0 Å². The summed E-state index contributed by atoms with van der Waals surface area (Å²) in [6.45, 7) is 5.00. The Morgan fingerprint density at radius 3 is 1.58 bits per heavy atom. The van der Waals surface area contributed by atoms with Gasteiger partial charge in [-0.05, 0) is 49.7 Å². The highest BCUT2D eigenvalue weighted by atomic mass is 32.2. The second-order valence-electron chi connectivity index (χ2n) is 9.49. The number of para-hydroxylation sites is 1. The van der Waals surface area contributed by atoms with Crippen molar-refractivity contribution in [2.45, 2.75) is 129 Å². The first-order chi connectivity index (χ1) is 16.0. The largest absolute Gasteiger partial charge is 0.493 e. The summed E-state index contributed by atoms with van der Waals surface area (Å²) in [7, 11) is -3.89. The first kappa shape index (κ1) is 30.0. The summed E-state index contributed by atoms with van der Waals surface area (Å²) in [4.78, 5) is 0. The minimum atomic E-state index is -3.89. The molecule has 0 saturated heterocycles. The van der Waals surface area contributed by atoms with Gasteiger partial charge in [-0.2, -0.15) is 8.42 Å². The van der Waals surface area contributed by atoms with Crippen LogP contribution >= 0.6 is 0 Å². The highest BCUT2D eigenvalue weighted by Crippen LogP contribution is 2.28. The Bertz CT molecular complexity index is 664. The van der Waals surface area contributed by atoms with Crippen LogP contribution in [-0.2, 0) is 23.0 Å². The van der Waals surface area contributed by atoms with Crippen LogP contribution in [0.1, 0.15) is 128 Å². The zero-order chi connectivity index (χ0) is 24.2. The van der Waals surface area contributed by atoms with Crippen LogP contribution in [0.25, 0.3) is 0 Å². The number of hydrogen-bond acceptors (Lipinski definition) is 3. The van der Waals surface area contributed by atoms with Crippen LogP contribution in [0.3, 0.4) is 0 Å². The van der Waals surface area contributed by atoms with Crippen LogP contribution in [0.4, 0.5) is 0 Å². The molecule has 1 aromatic carbocycles. The first-order valence-corrected chi connectivity index (χ1v) is 15.3. The molecule has 0 aliphatic heterocycles. The van der Waals surface area contributed by atoms with E-state index in [-0.39, 0.29) is 5.75 Å². The first-order valence-electron chi connectivity index (χ1n) is 13.7. The van der Waals surface area contributed by atoms with Gasteiger partial charge in [0.2, 0.25) is 0 Å².